The van der Waals surface area contributed by atoms with E-state index in [9.17, 15) is 0 Å². The van der Waals surface area contributed by atoms with Gasteiger partial charge in [0.25, 0.3) is 0 Å². The molecule has 15 heavy (non-hydrogen) atoms. The van der Waals surface area contributed by atoms with Crippen molar-refractivity contribution in [2.75, 3.05) is 0 Å². The van der Waals surface area contributed by atoms with Gasteiger partial charge in [0.05, 0.1) is 0 Å². The molecule has 0 spiro atoms. The number of hydrogen-bond acceptors (Lipinski definition) is 2. The van der Waals surface area contributed by atoms with Crippen molar-refractivity contribution < 1.29 is 0 Å². The first-order valence-corrected chi connectivity index (χ1v) is 5.02. The highest BCUT2D eigenvalue weighted by Crippen LogP contribution is 2.25. The average Bonchev–Trinajstić information content (AvgIpc) is 2.50. The van der Waals surface area contributed by atoms with Gasteiger partial charge >= 0.3 is 0 Å². The number of nitrogens with zero attached hydrogens (tertiary/aromatic N) is 3. The summed E-state index contributed by atoms with van der Waals surface area (Å²) in [7, 11) is 1.97. The summed E-state index contributed by atoms with van der Waals surface area (Å²) >= 11 is 0. The predicted octanol–water partition coefficient (Wildman–Crippen LogP) is 2.41. The van der Waals surface area contributed by atoms with Crippen molar-refractivity contribution in [3.63, 3.8) is 0 Å². The molecule has 0 N–H and O–H groups in total. The van der Waals surface area contributed by atoms with Crippen LogP contribution in [0, 0.1) is 20.8 Å². The molecule has 0 amide bonds. The number of rotatable bonds is 1. The fraction of sp³-hybridized carbons (Fsp3) is 0.333. The van der Waals surface area contributed by atoms with Crippen LogP contribution in [0.15, 0.2) is 18.5 Å². The third-order valence-electron chi connectivity index (χ3n) is 2.61. The molecule has 1 aromatic carbocycles. The van der Waals surface area contributed by atoms with Crippen molar-refractivity contribution in [1.29, 1.82) is 0 Å². The molecule has 3 heteroatoms. The molecule has 0 aliphatic heterocycles. The zero-order valence-corrected chi connectivity index (χ0v) is 9.57. The Morgan fingerprint density at radius 2 is 1.67 bits per heavy atom. The van der Waals surface area contributed by atoms with Gasteiger partial charge in [-0.05, 0) is 31.9 Å². The molecule has 0 aliphatic rings. The highest BCUT2D eigenvalue weighted by Gasteiger charge is 2.10. The van der Waals surface area contributed by atoms with Crippen molar-refractivity contribution in [2.24, 2.45) is 7.05 Å². The smallest absolute Gasteiger partial charge is 0.164 e. The van der Waals surface area contributed by atoms with E-state index in [4.69, 9.17) is 0 Å². The third kappa shape index (κ3) is 1.65. The maximum Gasteiger partial charge on any atom is 0.164 e. The van der Waals surface area contributed by atoms with Gasteiger partial charge in [0, 0.05) is 12.6 Å². The van der Waals surface area contributed by atoms with Crippen LogP contribution < -0.4 is 0 Å². The van der Waals surface area contributed by atoms with Crippen molar-refractivity contribution >= 4 is 0 Å². The van der Waals surface area contributed by atoms with Gasteiger partial charge in [-0.25, -0.2) is 0 Å². The van der Waals surface area contributed by atoms with Crippen LogP contribution >= 0.6 is 0 Å². The van der Waals surface area contributed by atoms with Gasteiger partial charge in [0.2, 0.25) is 0 Å². The van der Waals surface area contributed by atoms with E-state index in [1.807, 2.05) is 11.6 Å². The highest BCUT2D eigenvalue weighted by molar-refractivity contribution is 5.65. The van der Waals surface area contributed by atoms with E-state index in [-0.39, 0.29) is 0 Å². The summed E-state index contributed by atoms with van der Waals surface area (Å²) in [5.74, 6) is 0.935. The van der Waals surface area contributed by atoms with Crippen LogP contribution in [0.1, 0.15) is 16.7 Å². The molecule has 0 bridgehead atoms. The van der Waals surface area contributed by atoms with Crippen LogP contribution in [0.2, 0.25) is 0 Å². The number of benzene rings is 1. The largest absolute Gasteiger partial charge is 0.317 e. The molecule has 78 valence electrons. The van der Waals surface area contributed by atoms with Crippen LogP contribution in [0.5, 0.6) is 0 Å². The van der Waals surface area contributed by atoms with Crippen LogP contribution in [0.4, 0.5) is 0 Å². The highest BCUT2D eigenvalue weighted by atomic mass is 15.2. The molecule has 0 radical (unpaired) electrons. The monoisotopic (exact) mass is 201 g/mol. The molecule has 3 nitrogen and oxygen atoms in total. The Morgan fingerprint density at radius 3 is 2.13 bits per heavy atom. The third-order valence-corrected chi connectivity index (χ3v) is 2.61. The van der Waals surface area contributed by atoms with E-state index in [1.165, 1.54) is 22.3 Å². The Morgan fingerprint density at radius 1 is 1.07 bits per heavy atom. The SMILES string of the molecule is Cc1cc(C)c(-c2nncn2C)c(C)c1. The molecule has 0 atom stereocenters. The minimum atomic E-state index is 0.935. The first-order chi connectivity index (χ1) is 7.09. The molecular weight excluding hydrogens is 186 g/mol. The van der Waals surface area contributed by atoms with Gasteiger partial charge < -0.3 is 4.57 Å². The second-order valence-corrected chi connectivity index (χ2v) is 4.04. The molecule has 2 rings (SSSR count). The van der Waals surface area contributed by atoms with E-state index >= 15 is 0 Å². The lowest BCUT2D eigenvalue weighted by atomic mass is 9.99. The zero-order valence-electron chi connectivity index (χ0n) is 9.57. The van der Waals surface area contributed by atoms with Gasteiger partial charge in [0.15, 0.2) is 5.82 Å². The van der Waals surface area contributed by atoms with Gasteiger partial charge in [0.1, 0.15) is 6.33 Å². The second-order valence-electron chi connectivity index (χ2n) is 4.04. The van der Waals surface area contributed by atoms with E-state index in [2.05, 4.69) is 43.1 Å². The van der Waals surface area contributed by atoms with Gasteiger partial charge in [-0.3, -0.25) is 0 Å². The van der Waals surface area contributed by atoms with Crippen LogP contribution in [-0.2, 0) is 7.05 Å². The maximum atomic E-state index is 4.15. The fourth-order valence-electron chi connectivity index (χ4n) is 2.04. The summed E-state index contributed by atoms with van der Waals surface area (Å²) in [5.41, 5.74) is 4.99. The Bertz CT molecular complexity index is 474. The van der Waals surface area contributed by atoms with Gasteiger partial charge in [-0.2, -0.15) is 0 Å². The Balaban J connectivity index is 2.68. The molecule has 0 fully saturated rings. The molecule has 1 aromatic heterocycles. The first-order valence-electron chi connectivity index (χ1n) is 5.02. The van der Waals surface area contributed by atoms with Crippen molar-refractivity contribution in [3.8, 4) is 11.4 Å². The standard InChI is InChI=1S/C12H15N3/c1-8-5-9(2)11(10(3)6-8)12-14-13-7-15(12)4/h5-7H,1-4H3. The van der Waals surface area contributed by atoms with Crippen LogP contribution in [0.25, 0.3) is 11.4 Å². The Labute approximate surface area is 89.8 Å². The molecular formula is C12H15N3. The molecule has 0 aliphatic carbocycles. The summed E-state index contributed by atoms with van der Waals surface area (Å²) in [6, 6.07) is 4.36. The lowest BCUT2D eigenvalue weighted by Gasteiger charge is -2.10. The summed E-state index contributed by atoms with van der Waals surface area (Å²) in [5, 5.41) is 8.07. The van der Waals surface area contributed by atoms with Crippen LogP contribution in [0.3, 0.4) is 0 Å². The Hall–Kier alpha value is -1.64. The zero-order chi connectivity index (χ0) is 11.0. The van der Waals surface area contributed by atoms with Crippen molar-refractivity contribution in [1.82, 2.24) is 14.8 Å². The van der Waals surface area contributed by atoms with E-state index in [0.29, 0.717) is 0 Å². The number of aryl methyl sites for hydroxylation is 4. The minimum absolute atomic E-state index is 0.935. The van der Waals surface area contributed by atoms with Crippen molar-refractivity contribution in [2.45, 2.75) is 20.8 Å². The number of hydrogen-bond donors (Lipinski definition) is 0. The quantitative estimate of drug-likeness (QED) is 0.709. The second kappa shape index (κ2) is 3.50. The lowest BCUT2D eigenvalue weighted by molar-refractivity contribution is 0.917. The molecule has 0 saturated carbocycles. The lowest BCUT2D eigenvalue weighted by Crippen LogP contribution is -1.97. The predicted molar refractivity (Wildman–Crippen MR) is 60.7 cm³/mol. The van der Waals surface area contributed by atoms with E-state index < -0.39 is 0 Å². The van der Waals surface area contributed by atoms with Crippen molar-refractivity contribution in [3.05, 3.63) is 35.2 Å². The maximum absolute atomic E-state index is 4.15. The molecule has 0 saturated heterocycles. The topological polar surface area (TPSA) is 30.7 Å². The molecule has 2 aromatic rings. The summed E-state index contributed by atoms with van der Waals surface area (Å²) in [4.78, 5) is 0. The number of aromatic nitrogens is 3. The normalized spacial score (nSPS) is 10.7. The minimum Gasteiger partial charge on any atom is -0.317 e. The fourth-order valence-corrected chi connectivity index (χ4v) is 2.04. The van der Waals surface area contributed by atoms with Gasteiger partial charge in [-0.15, -0.1) is 10.2 Å². The summed E-state index contributed by atoms with van der Waals surface area (Å²) < 4.78 is 1.95. The summed E-state index contributed by atoms with van der Waals surface area (Å²) in [6.07, 6.45) is 1.73. The Kier molecular flexibility index (Phi) is 2.31. The molecule has 0 unspecified atom stereocenters. The summed E-state index contributed by atoms with van der Waals surface area (Å²) in [6.45, 7) is 6.34. The molecule has 1 heterocycles. The average molecular weight is 201 g/mol. The van der Waals surface area contributed by atoms with E-state index in [0.717, 1.165) is 5.82 Å². The first kappa shape index (κ1) is 9.90. The van der Waals surface area contributed by atoms with E-state index in [1.54, 1.807) is 6.33 Å². The van der Waals surface area contributed by atoms with Gasteiger partial charge in [-0.1, -0.05) is 17.7 Å². The van der Waals surface area contributed by atoms with Crippen LogP contribution in [-0.4, -0.2) is 14.8 Å².